The van der Waals surface area contributed by atoms with Crippen molar-refractivity contribution < 1.29 is 0 Å². The zero-order valence-corrected chi connectivity index (χ0v) is 13.7. The molecule has 0 atom stereocenters. The van der Waals surface area contributed by atoms with E-state index < -0.39 is 0 Å². The summed E-state index contributed by atoms with van der Waals surface area (Å²) >= 11 is 3.10. The molecule has 0 aliphatic carbocycles. The first kappa shape index (κ1) is 15.0. The number of hydrogen-bond acceptors (Lipinski definition) is 8. The minimum absolute atomic E-state index is 0.845. The molecule has 0 saturated carbocycles. The maximum Gasteiger partial charge on any atom is 0.208 e. The van der Waals surface area contributed by atoms with Gasteiger partial charge in [-0.2, -0.15) is 0 Å². The summed E-state index contributed by atoms with van der Waals surface area (Å²) in [4.78, 5) is 10.6. The van der Waals surface area contributed by atoms with E-state index in [0.717, 1.165) is 38.8 Å². The molecule has 2 aromatic heterocycles. The summed E-state index contributed by atoms with van der Waals surface area (Å²) < 4.78 is 0.893. The number of rotatable bonds is 6. The standard InChI is InChI=1S/C12H18N6S2/c1-5-8-9(13-6-2)14-7-15-10(8)19-12-17-16-11(20-12)18(3)4/h7H,5-6H2,1-4H3,(H,13,14,15). The molecular weight excluding hydrogens is 292 g/mol. The fourth-order valence-corrected chi connectivity index (χ4v) is 3.47. The zero-order valence-electron chi connectivity index (χ0n) is 12.0. The Hall–Kier alpha value is -1.41. The first-order chi connectivity index (χ1) is 9.65. The van der Waals surface area contributed by atoms with Crippen LogP contribution in [0.4, 0.5) is 10.9 Å². The Morgan fingerprint density at radius 3 is 2.65 bits per heavy atom. The molecule has 0 bridgehead atoms. The van der Waals surface area contributed by atoms with Crippen LogP contribution in [0, 0.1) is 0 Å². The second-order valence-corrected chi connectivity index (χ2v) is 6.43. The third-order valence-corrected chi connectivity index (χ3v) is 4.75. The highest BCUT2D eigenvalue weighted by atomic mass is 32.2. The van der Waals surface area contributed by atoms with Crippen LogP contribution in [0.25, 0.3) is 0 Å². The summed E-state index contributed by atoms with van der Waals surface area (Å²) in [5, 5.41) is 13.4. The third kappa shape index (κ3) is 3.37. The van der Waals surface area contributed by atoms with Crippen molar-refractivity contribution in [3.05, 3.63) is 11.9 Å². The molecule has 0 fully saturated rings. The number of aromatic nitrogens is 4. The molecule has 0 unspecified atom stereocenters. The maximum atomic E-state index is 4.38. The predicted molar refractivity (Wildman–Crippen MR) is 83.9 cm³/mol. The Kier molecular flexibility index (Phi) is 5.13. The number of hydrogen-bond donors (Lipinski definition) is 1. The van der Waals surface area contributed by atoms with E-state index in [2.05, 4.69) is 39.3 Å². The fraction of sp³-hybridized carbons (Fsp3) is 0.500. The fourth-order valence-electron chi connectivity index (χ4n) is 1.63. The lowest BCUT2D eigenvalue weighted by Gasteiger charge is -2.10. The molecule has 0 saturated heterocycles. The van der Waals surface area contributed by atoms with Gasteiger partial charge in [-0.15, -0.1) is 10.2 Å². The Morgan fingerprint density at radius 2 is 2.05 bits per heavy atom. The topological polar surface area (TPSA) is 66.8 Å². The summed E-state index contributed by atoms with van der Waals surface area (Å²) in [6.07, 6.45) is 2.47. The molecule has 0 aliphatic heterocycles. The minimum Gasteiger partial charge on any atom is -0.370 e. The summed E-state index contributed by atoms with van der Waals surface area (Å²) in [5.74, 6) is 0.907. The molecule has 2 aromatic rings. The summed E-state index contributed by atoms with van der Waals surface area (Å²) in [6.45, 7) is 5.01. The van der Waals surface area contributed by atoms with Gasteiger partial charge in [-0.3, -0.25) is 0 Å². The molecule has 20 heavy (non-hydrogen) atoms. The molecule has 0 aliphatic rings. The summed E-state index contributed by atoms with van der Waals surface area (Å²) in [5.41, 5.74) is 1.13. The highest BCUT2D eigenvalue weighted by Gasteiger charge is 2.14. The smallest absolute Gasteiger partial charge is 0.208 e. The first-order valence-corrected chi connectivity index (χ1v) is 8.05. The molecule has 0 amide bonds. The van der Waals surface area contributed by atoms with E-state index >= 15 is 0 Å². The molecule has 108 valence electrons. The molecule has 1 N–H and O–H groups in total. The molecular formula is C12H18N6S2. The van der Waals surface area contributed by atoms with E-state index in [4.69, 9.17) is 0 Å². The van der Waals surface area contributed by atoms with Crippen molar-refractivity contribution in [2.24, 2.45) is 0 Å². The van der Waals surface area contributed by atoms with Crippen LogP contribution >= 0.6 is 23.1 Å². The largest absolute Gasteiger partial charge is 0.370 e. The maximum absolute atomic E-state index is 4.38. The Balaban J connectivity index is 2.25. The average molecular weight is 310 g/mol. The van der Waals surface area contributed by atoms with Gasteiger partial charge in [-0.05, 0) is 25.1 Å². The van der Waals surface area contributed by atoms with E-state index in [0.29, 0.717) is 0 Å². The van der Waals surface area contributed by atoms with Crippen molar-refractivity contribution in [3.63, 3.8) is 0 Å². The quantitative estimate of drug-likeness (QED) is 0.822. The van der Waals surface area contributed by atoms with E-state index in [1.807, 2.05) is 19.0 Å². The summed E-state index contributed by atoms with van der Waals surface area (Å²) in [7, 11) is 3.92. The van der Waals surface area contributed by atoms with Gasteiger partial charge in [0.2, 0.25) is 5.13 Å². The van der Waals surface area contributed by atoms with Crippen molar-refractivity contribution >= 4 is 34.0 Å². The number of nitrogens with zero attached hydrogens (tertiary/aromatic N) is 5. The van der Waals surface area contributed by atoms with Crippen LogP contribution < -0.4 is 10.2 Å². The van der Waals surface area contributed by atoms with Gasteiger partial charge in [-0.1, -0.05) is 18.3 Å². The van der Waals surface area contributed by atoms with Crippen molar-refractivity contribution in [1.29, 1.82) is 0 Å². The van der Waals surface area contributed by atoms with E-state index in [1.165, 1.54) is 0 Å². The Morgan fingerprint density at radius 1 is 1.25 bits per heavy atom. The molecule has 0 spiro atoms. The second-order valence-electron chi connectivity index (χ2n) is 4.24. The van der Waals surface area contributed by atoms with Gasteiger partial charge < -0.3 is 10.2 Å². The Labute approximate surface area is 127 Å². The number of nitrogens with one attached hydrogen (secondary N) is 1. The van der Waals surface area contributed by atoms with Crippen LogP contribution in [0.15, 0.2) is 15.7 Å². The molecule has 6 nitrogen and oxygen atoms in total. The van der Waals surface area contributed by atoms with Crippen LogP contribution in [0.3, 0.4) is 0 Å². The van der Waals surface area contributed by atoms with Crippen LogP contribution in [0.2, 0.25) is 0 Å². The van der Waals surface area contributed by atoms with Crippen molar-refractivity contribution in [2.75, 3.05) is 30.9 Å². The van der Waals surface area contributed by atoms with Gasteiger partial charge in [-0.25, -0.2) is 9.97 Å². The van der Waals surface area contributed by atoms with Gasteiger partial charge in [0.05, 0.1) is 0 Å². The van der Waals surface area contributed by atoms with Crippen LogP contribution in [-0.4, -0.2) is 40.8 Å². The molecule has 0 radical (unpaired) electrons. The van der Waals surface area contributed by atoms with Crippen LogP contribution in [0.1, 0.15) is 19.4 Å². The summed E-state index contributed by atoms with van der Waals surface area (Å²) in [6, 6.07) is 0. The average Bonchev–Trinajstić information content (AvgIpc) is 2.88. The van der Waals surface area contributed by atoms with Crippen molar-refractivity contribution in [3.8, 4) is 0 Å². The second kappa shape index (κ2) is 6.85. The first-order valence-electron chi connectivity index (χ1n) is 6.42. The van der Waals surface area contributed by atoms with Gasteiger partial charge in [0.1, 0.15) is 17.2 Å². The SMILES string of the molecule is CCNc1ncnc(Sc2nnc(N(C)C)s2)c1CC. The van der Waals surface area contributed by atoms with Gasteiger partial charge in [0.25, 0.3) is 0 Å². The van der Waals surface area contributed by atoms with Gasteiger partial charge in [0.15, 0.2) is 4.34 Å². The lowest BCUT2D eigenvalue weighted by Crippen LogP contribution is -2.07. The Bertz CT molecular complexity index is 569. The van der Waals surface area contributed by atoms with E-state index in [1.54, 1.807) is 29.4 Å². The zero-order chi connectivity index (χ0) is 14.5. The lowest BCUT2D eigenvalue weighted by atomic mass is 10.2. The molecule has 0 aromatic carbocycles. The van der Waals surface area contributed by atoms with Crippen LogP contribution in [0.5, 0.6) is 0 Å². The number of anilines is 2. The molecule has 8 heteroatoms. The predicted octanol–water partition coefficient (Wildman–Crippen LogP) is 2.54. The molecule has 2 rings (SSSR count). The lowest BCUT2D eigenvalue weighted by molar-refractivity contribution is 0.930. The van der Waals surface area contributed by atoms with E-state index in [-0.39, 0.29) is 0 Å². The highest BCUT2D eigenvalue weighted by Crippen LogP contribution is 2.34. The monoisotopic (exact) mass is 310 g/mol. The highest BCUT2D eigenvalue weighted by molar-refractivity contribution is 8.01. The van der Waals surface area contributed by atoms with Crippen molar-refractivity contribution in [1.82, 2.24) is 20.2 Å². The van der Waals surface area contributed by atoms with Gasteiger partial charge in [0, 0.05) is 26.2 Å². The third-order valence-electron chi connectivity index (χ3n) is 2.57. The van der Waals surface area contributed by atoms with E-state index in [9.17, 15) is 0 Å². The normalized spacial score (nSPS) is 10.6. The van der Waals surface area contributed by atoms with Gasteiger partial charge >= 0.3 is 0 Å². The van der Waals surface area contributed by atoms with Crippen molar-refractivity contribution in [2.45, 2.75) is 29.6 Å². The minimum atomic E-state index is 0.845. The van der Waals surface area contributed by atoms with Crippen LogP contribution in [-0.2, 0) is 6.42 Å². The molecule has 2 heterocycles.